The van der Waals surface area contributed by atoms with Crippen molar-refractivity contribution in [2.75, 3.05) is 39.6 Å². The number of hydrogen-bond acceptors (Lipinski definition) is 15. The zero-order valence-electron chi connectivity index (χ0n) is 61.4. The lowest BCUT2D eigenvalue weighted by molar-refractivity contribution is -0.161. The third-order valence-corrected chi connectivity index (χ3v) is 17.6. The molecular formula is C79H136O17P2. The van der Waals surface area contributed by atoms with Crippen LogP contribution in [0, 0.1) is 0 Å². The molecule has 0 rings (SSSR count). The first-order valence-electron chi connectivity index (χ1n) is 38.1. The third-order valence-electron chi connectivity index (χ3n) is 15.7. The van der Waals surface area contributed by atoms with E-state index in [1.807, 2.05) is 12.2 Å². The fourth-order valence-electron chi connectivity index (χ4n) is 9.87. The molecule has 0 bridgehead atoms. The first kappa shape index (κ1) is 93.7. The minimum absolute atomic E-state index is 0.0647. The Morgan fingerprint density at radius 3 is 0.918 bits per heavy atom. The van der Waals surface area contributed by atoms with Gasteiger partial charge >= 0.3 is 39.5 Å². The molecule has 0 aromatic carbocycles. The monoisotopic (exact) mass is 1420 g/mol. The predicted molar refractivity (Wildman–Crippen MR) is 399 cm³/mol. The average molecular weight is 1420 g/mol. The maximum absolute atomic E-state index is 13.1. The molecule has 3 N–H and O–H groups in total. The number of carbonyl (C=O) groups is 4. The topological polar surface area (TPSA) is 237 Å². The van der Waals surface area contributed by atoms with Gasteiger partial charge in [0.15, 0.2) is 12.2 Å². The fourth-order valence-corrected chi connectivity index (χ4v) is 11.4. The zero-order valence-corrected chi connectivity index (χ0v) is 63.2. The number of phosphoric ester groups is 2. The molecule has 0 radical (unpaired) electrons. The standard InChI is InChI=1S/C79H136O17P2/c1-5-9-13-17-21-25-29-33-35-36-38-42-44-48-52-56-60-64-77(82)90-70-75(96-79(84)66-62-58-54-50-46-40-32-28-24-20-16-12-8-4)72-94-98(87,88)92-68-73(80)67-91-97(85,86)93-71-74(95-78(83)65-61-57-53-49-45-39-31-27-23-19-15-11-7-3)69-89-76(81)63-59-55-51-47-43-41-37-34-30-26-22-18-14-10-6-2/h9,13,16,20-21,25,27-28,31-35,37-38,42,48,52,73-75,80H,5-8,10-12,14-15,17-19,22-24,26,29-30,36,39-41,43-47,49-51,53-72H2,1-4H3,(H,85,86)(H,87,88)/b13-9-,20-16-,25-21-,31-27-,32-28-,35-33-,37-34-,42-38-,52-48-. The summed E-state index contributed by atoms with van der Waals surface area (Å²) in [5.74, 6) is -2.27. The van der Waals surface area contributed by atoms with Gasteiger partial charge in [-0.3, -0.25) is 37.3 Å². The molecule has 0 aromatic rings. The molecule has 0 aliphatic rings. The maximum Gasteiger partial charge on any atom is 0.472 e. The minimum atomic E-state index is -4.99. The van der Waals surface area contributed by atoms with Crippen molar-refractivity contribution in [3.8, 4) is 0 Å². The Balaban J connectivity index is 5.40. The molecule has 0 amide bonds. The zero-order chi connectivity index (χ0) is 71.8. The summed E-state index contributed by atoms with van der Waals surface area (Å²) in [7, 11) is -9.97. The Labute approximate surface area is 594 Å². The second-order valence-electron chi connectivity index (χ2n) is 25.2. The van der Waals surface area contributed by atoms with Crippen LogP contribution in [0.15, 0.2) is 109 Å². The van der Waals surface area contributed by atoms with Gasteiger partial charge in [-0.05, 0) is 141 Å². The number of phosphoric acid groups is 2. The maximum atomic E-state index is 13.1. The molecule has 17 nitrogen and oxygen atoms in total. The van der Waals surface area contributed by atoms with Gasteiger partial charge in [0.25, 0.3) is 0 Å². The number of ether oxygens (including phenoxy) is 4. The van der Waals surface area contributed by atoms with E-state index in [-0.39, 0.29) is 25.7 Å². The first-order chi connectivity index (χ1) is 47.7. The van der Waals surface area contributed by atoms with Gasteiger partial charge in [0.2, 0.25) is 0 Å². The smallest absolute Gasteiger partial charge is 0.462 e. The lowest BCUT2D eigenvalue weighted by atomic mass is 10.1. The summed E-state index contributed by atoms with van der Waals surface area (Å²) in [5, 5.41) is 10.6. The van der Waals surface area contributed by atoms with Crippen molar-refractivity contribution in [3.63, 3.8) is 0 Å². The van der Waals surface area contributed by atoms with Crippen LogP contribution < -0.4 is 0 Å². The van der Waals surface area contributed by atoms with E-state index in [2.05, 4.69) is 125 Å². The molecule has 0 aliphatic carbocycles. The third kappa shape index (κ3) is 70.2. The van der Waals surface area contributed by atoms with Crippen LogP contribution in [0.4, 0.5) is 0 Å². The van der Waals surface area contributed by atoms with E-state index in [0.29, 0.717) is 32.1 Å². The van der Waals surface area contributed by atoms with Gasteiger partial charge in [0, 0.05) is 25.7 Å². The molecule has 0 spiro atoms. The van der Waals surface area contributed by atoms with Gasteiger partial charge in [-0.1, -0.05) is 253 Å². The molecule has 0 heterocycles. The molecule has 19 heteroatoms. The lowest BCUT2D eigenvalue weighted by Gasteiger charge is -2.21. The van der Waals surface area contributed by atoms with E-state index in [1.54, 1.807) is 0 Å². The number of carbonyl (C=O) groups excluding carboxylic acids is 4. The molecule has 0 saturated carbocycles. The average Bonchev–Trinajstić information content (AvgIpc) is 0.969. The number of rotatable bonds is 71. The second kappa shape index (κ2) is 71.1. The molecule has 5 unspecified atom stereocenters. The Kier molecular flexibility index (Phi) is 68.0. The van der Waals surface area contributed by atoms with Gasteiger partial charge in [-0.2, -0.15) is 0 Å². The van der Waals surface area contributed by atoms with E-state index in [1.165, 1.54) is 64.2 Å². The van der Waals surface area contributed by atoms with Crippen molar-refractivity contribution >= 4 is 39.5 Å². The van der Waals surface area contributed by atoms with Crippen LogP contribution in [0.5, 0.6) is 0 Å². The summed E-state index contributed by atoms with van der Waals surface area (Å²) in [6.07, 6.45) is 75.2. The van der Waals surface area contributed by atoms with Gasteiger partial charge in [0.1, 0.15) is 19.3 Å². The molecule has 0 aliphatic heterocycles. The van der Waals surface area contributed by atoms with Crippen molar-refractivity contribution in [2.45, 2.75) is 329 Å². The second-order valence-corrected chi connectivity index (χ2v) is 28.1. The van der Waals surface area contributed by atoms with E-state index in [0.717, 1.165) is 161 Å². The number of esters is 4. The van der Waals surface area contributed by atoms with Crippen LogP contribution >= 0.6 is 15.6 Å². The Morgan fingerprint density at radius 1 is 0.296 bits per heavy atom. The summed E-state index contributed by atoms with van der Waals surface area (Å²) in [6.45, 7) is 4.58. The summed E-state index contributed by atoms with van der Waals surface area (Å²) in [5.41, 5.74) is 0. The Hall–Kier alpha value is -4.28. The van der Waals surface area contributed by atoms with Crippen molar-refractivity contribution in [1.82, 2.24) is 0 Å². The molecule has 5 atom stereocenters. The lowest BCUT2D eigenvalue weighted by Crippen LogP contribution is -2.30. The van der Waals surface area contributed by atoms with Gasteiger partial charge in [-0.25, -0.2) is 9.13 Å². The summed E-state index contributed by atoms with van der Waals surface area (Å²) >= 11 is 0. The molecule has 0 fully saturated rings. The molecule has 98 heavy (non-hydrogen) atoms. The van der Waals surface area contributed by atoms with Crippen molar-refractivity contribution < 1.29 is 80.2 Å². The highest BCUT2D eigenvalue weighted by molar-refractivity contribution is 7.47. The highest BCUT2D eigenvalue weighted by atomic mass is 31.2. The highest BCUT2D eigenvalue weighted by Gasteiger charge is 2.30. The Morgan fingerprint density at radius 2 is 0.561 bits per heavy atom. The van der Waals surface area contributed by atoms with Crippen molar-refractivity contribution in [1.29, 1.82) is 0 Å². The van der Waals surface area contributed by atoms with Gasteiger partial charge in [0.05, 0.1) is 26.4 Å². The first-order valence-corrected chi connectivity index (χ1v) is 41.1. The van der Waals surface area contributed by atoms with Crippen LogP contribution in [0.2, 0.25) is 0 Å². The van der Waals surface area contributed by atoms with Crippen LogP contribution in [-0.2, 0) is 65.4 Å². The summed E-state index contributed by atoms with van der Waals surface area (Å²) in [6, 6.07) is 0. The predicted octanol–water partition coefficient (Wildman–Crippen LogP) is 21.8. The summed E-state index contributed by atoms with van der Waals surface area (Å²) < 4.78 is 68.4. The normalized spacial score (nSPS) is 14.6. The number of aliphatic hydroxyl groups excluding tert-OH is 1. The number of unbranched alkanes of at least 4 members (excludes halogenated alkanes) is 27. The molecule has 0 aromatic heterocycles. The molecule has 564 valence electrons. The van der Waals surface area contributed by atoms with E-state index >= 15 is 0 Å². The van der Waals surface area contributed by atoms with Gasteiger partial charge < -0.3 is 33.8 Å². The number of allylic oxidation sites excluding steroid dienone is 18. The van der Waals surface area contributed by atoms with Crippen LogP contribution in [0.25, 0.3) is 0 Å². The van der Waals surface area contributed by atoms with Crippen molar-refractivity contribution in [2.24, 2.45) is 0 Å². The largest absolute Gasteiger partial charge is 0.472 e. The van der Waals surface area contributed by atoms with E-state index < -0.39 is 97.5 Å². The summed E-state index contributed by atoms with van der Waals surface area (Å²) in [4.78, 5) is 72.8. The Bertz CT molecular complexity index is 2290. The van der Waals surface area contributed by atoms with E-state index in [9.17, 15) is 43.2 Å². The quantitative estimate of drug-likeness (QED) is 0.0169. The van der Waals surface area contributed by atoms with Gasteiger partial charge in [-0.15, -0.1) is 0 Å². The molecular weight excluding hydrogens is 1280 g/mol. The van der Waals surface area contributed by atoms with Crippen LogP contribution in [-0.4, -0.2) is 96.7 Å². The number of aliphatic hydroxyl groups is 1. The van der Waals surface area contributed by atoms with Crippen LogP contribution in [0.3, 0.4) is 0 Å². The van der Waals surface area contributed by atoms with Crippen molar-refractivity contribution in [3.05, 3.63) is 109 Å². The van der Waals surface area contributed by atoms with Crippen LogP contribution in [0.1, 0.15) is 310 Å². The minimum Gasteiger partial charge on any atom is -0.462 e. The fraction of sp³-hybridized carbons (Fsp3) is 0.722. The van der Waals surface area contributed by atoms with E-state index in [4.69, 9.17) is 37.0 Å². The number of hydrogen-bond donors (Lipinski definition) is 3. The highest BCUT2D eigenvalue weighted by Crippen LogP contribution is 2.45. The molecule has 0 saturated heterocycles. The SMILES string of the molecule is CC/C=C\C/C=C\C/C=C\C/C=C\C/C=C\CCCC(=O)OCC(COP(=O)(O)OCC(O)COP(=O)(O)OCC(COC(=O)CCCCCCC/C=C\CCCCCCCC)OC(=O)CCCCCCC/C=C\CCCCCC)OC(=O)CCCCCCC/C=C\C/C=C\CCC.